The first-order valence-corrected chi connectivity index (χ1v) is 10.0. The van der Waals surface area contributed by atoms with E-state index in [1.54, 1.807) is 0 Å². The molecule has 2 heterocycles. The molecule has 2 saturated heterocycles. The highest BCUT2D eigenvalue weighted by Crippen LogP contribution is 2.31. The normalized spacial score (nSPS) is 29.9. The molecule has 2 atom stereocenters. The van der Waals surface area contributed by atoms with E-state index in [1.807, 2.05) is 0 Å². The summed E-state index contributed by atoms with van der Waals surface area (Å²) in [4.78, 5) is 26.8. The molecule has 24 heavy (non-hydrogen) atoms. The minimum atomic E-state index is -0.334. The zero-order valence-corrected chi connectivity index (χ0v) is 14.9. The molecular weight excluding hydrogens is 302 g/mol. The molecule has 1 aliphatic carbocycles. The number of likely N-dealkylation sites (tertiary alicyclic amines) is 1. The van der Waals surface area contributed by atoms with Gasteiger partial charge in [0.1, 0.15) is 6.04 Å². The van der Waals surface area contributed by atoms with Crippen LogP contribution in [0.5, 0.6) is 0 Å². The molecule has 0 radical (unpaired) electrons. The molecule has 0 aromatic heterocycles. The molecule has 0 aromatic carbocycles. The number of rotatable bonds is 5. The van der Waals surface area contributed by atoms with Crippen molar-refractivity contribution in [3.05, 3.63) is 0 Å². The minimum absolute atomic E-state index is 0.0129. The van der Waals surface area contributed by atoms with Crippen LogP contribution in [0, 0.1) is 5.92 Å². The summed E-state index contributed by atoms with van der Waals surface area (Å²) in [5.74, 6) is 0.869. The maximum absolute atomic E-state index is 12.4. The predicted octanol–water partition coefficient (Wildman–Crippen LogP) is 2.21. The third-order valence-electron chi connectivity index (χ3n) is 6.05. The lowest BCUT2D eigenvalue weighted by molar-refractivity contribution is -0.129. The van der Waals surface area contributed by atoms with Crippen LogP contribution in [0.3, 0.4) is 0 Å². The molecule has 0 aromatic rings. The first kappa shape index (κ1) is 17.7. The van der Waals surface area contributed by atoms with Crippen LogP contribution in [0.2, 0.25) is 0 Å². The van der Waals surface area contributed by atoms with E-state index < -0.39 is 0 Å². The van der Waals surface area contributed by atoms with Crippen LogP contribution in [-0.4, -0.2) is 48.4 Å². The Bertz CT molecular complexity index is 434. The van der Waals surface area contributed by atoms with E-state index in [0.717, 1.165) is 38.3 Å². The van der Waals surface area contributed by atoms with E-state index in [9.17, 15) is 9.59 Å². The van der Waals surface area contributed by atoms with E-state index in [0.29, 0.717) is 12.6 Å². The average Bonchev–Trinajstić information content (AvgIpc) is 2.90. The van der Waals surface area contributed by atoms with Crippen molar-refractivity contribution in [3.63, 3.8) is 0 Å². The van der Waals surface area contributed by atoms with Gasteiger partial charge in [0, 0.05) is 12.6 Å². The van der Waals surface area contributed by atoms with E-state index in [1.165, 1.54) is 51.4 Å². The molecule has 3 aliphatic rings. The Morgan fingerprint density at radius 2 is 1.83 bits per heavy atom. The molecule has 136 valence electrons. The van der Waals surface area contributed by atoms with Gasteiger partial charge in [-0.25, -0.2) is 0 Å². The van der Waals surface area contributed by atoms with E-state index in [2.05, 4.69) is 15.5 Å². The minimum Gasteiger partial charge on any atom is -0.354 e. The largest absolute Gasteiger partial charge is 0.354 e. The summed E-state index contributed by atoms with van der Waals surface area (Å²) in [6, 6.07) is 0.237. The quantitative estimate of drug-likeness (QED) is 0.810. The maximum Gasteiger partial charge on any atom is 0.242 e. The molecule has 1 saturated carbocycles. The van der Waals surface area contributed by atoms with E-state index >= 15 is 0 Å². The first-order chi connectivity index (χ1) is 11.7. The van der Waals surface area contributed by atoms with Gasteiger partial charge in [-0.15, -0.1) is 0 Å². The Kier molecular flexibility index (Phi) is 6.52. The molecular formula is C19H33N3O2. The first-order valence-electron chi connectivity index (χ1n) is 10.0. The number of hydrogen-bond acceptors (Lipinski definition) is 3. The highest BCUT2D eigenvalue weighted by Gasteiger charge is 2.30. The standard InChI is InChI=1S/C19H33N3O2/c23-18(21-17-10-4-5-11-20-19(17)24)14-22-12-6-9-16(22)13-15-7-2-1-3-8-15/h15-17H,1-14H2,(H,20,24)(H,21,23)/t16-,17+/m0/s1. The lowest BCUT2D eigenvalue weighted by Crippen LogP contribution is -2.49. The number of amides is 2. The Hall–Kier alpha value is -1.10. The summed E-state index contributed by atoms with van der Waals surface area (Å²) < 4.78 is 0. The second-order valence-electron chi connectivity index (χ2n) is 7.91. The van der Waals surface area contributed by atoms with Crippen molar-refractivity contribution < 1.29 is 9.59 Å². The van der Waals surface area contributed by atoms with Crippen LogP contribution in [-0.2, 0) is 9.59 Å². The SMILES string of the molecule is O=C(CN1CCC[C@H]1CC1CCCCC1)N[C@@H]1CCCCNC1=O. The summed E-state index contributed by atoms with van der Waals surface area (Å²) >= 11 is 0. The molecule has 2 aliphatic heterocycles. The van der Waals surface area contributed by atoms with Crippen molar-refractivity contribution in [2.24, 2.45) is 5.92 Å². The van der Waals surface area contributed by atoms with Crippen molar-refractivity contribution in [3.8, 4) is 0 Å². The summed E-state index contributed by atoms with van der Waals surface area (Å²) in [7, 11) is 0. The molecule has 3 rings (SSSR count). The van der Waals surface area contributed by atoms with Crippen molar-refractivity contribution in [1.82, 2.24) is 15.5 Å². The number of nitrogens with zero attached hydrogens (tertiary/aromatic N) is 1. The predicted molar refractivity (Wildman–Crippen MR) is 94.6 cm³/mol. The van der Waals surface area contributed by atoms with Gasteiger partial charge in [0.05, 0.1) is 6.54 Å². The second kappa shape index (κ2) is 8.84. The fraction of sp³-hybridized carbons (Fsp3) is 0.895. The number of carbonyl (C=O) groups excluding carboxylic acids is 2. The Morgan fingerprint density at radius 3 is 2.67 bits per heavy atom. The highest BCUT2D eigenvalue weighted by atomic mass is 16.2. The summed E-state index contributed by atoms with van der Waals surface area (Å²) in [5.41, 5.74) is 0. The molecule has 2 N–H and O–H groups in total. The molecule has 5 heteroatoms. The van der Waals surface area contributed by atoms with Crippen LogP contribution in [0.4, 0.5) is 0 Å². The lowest BCUT2D eigenvalue weighted by atomic mass is 9.84. The highest BCUT2D eigenvalue weighted by molar-refractivity contribution is 5.88. The van der Waals surface area contributed by atoms with Gasteiger partial charge >= 0.3 is 0 Å². The Labute approximate surface area is 145 Å². The Balaban J connectivity index is 1.46. The summed E-state index contributed by atoms with van der Waals surface area (Å²) in [6.07, 6.45) is 13.4. The van der Waals surface area contributed by atoms with Crippen molar-refractivity contribution in [2.75, 3.05) is 19.6 Å². The molecule has 5 nitrogen and oxygen atoms in total. The number of nitrogens with one attached hydrogen (secondary N) is 2. The van der Waals surface area contributed by atoms with Crippen LogP contribution in [0.15, 0.2) is 0 Å². The van der Waals surface area contributed by atoms with Crippen LogP contribution in [0.25, 0.3) is 0 Å². The topological polar surface area (TPSA) is 61.4 Å². The van der Waals surface area contributed by atoms with Crippen molar-refractivity contribution >= 4 is 11.8 Å². The van der Waals surface area contributed by atoms with Crippen molar-refractivity contribution in [1.29, 1.82) is 0 Å². The van der Waals surface area contributed by atoms with Gasteiger partial charge in [-0.3, -0.25) is 14.5 Å². The van der Waals surface area contributed by atoms with Gasteiger partial charge < -0.3 is 10.6 Å². The molecule has 0 spiro atoms. The van der Waals surface area contributed by atoms with Gasteiger partial charge in [0.2, 0.25) is 11.8 Å². The molecule has 0 bridgehead atoms. The van der Waals surface area contributed by atoms with Crippen LogP contribution < -0.4 is 10.6 Å². The van der Waals surface area contributed by atoms with Gasteiger partial charge in [-0.2, -0.15) is 0 Å². The number of hydrogen-bond donors (Lipinski definition) is 2. The monoisotopic (exact) mass is 335 g/mol. The zero-order chi connectivity index (χ0) is 16.8. The van der Waals surface area contributed by atoms with Crippen molar-refractivity contribution in [2.45, 2.75) is 82.7 Å². The van der Waals surface area contributed by atoms with Gasteiger partial charge in [-0.1, -0.05) is 32.1 Å². The smallest absolute Gasteiger partial charge is 0.242 e. The summed E-state index contributed by atoms with van der Waals surface area (Å²) in [5, 5.41) is 5.86. The molecule has 0 unspecified atom stereocenters. The van der Waals surface area contributed by atoms with Gasteiger partial charge in [0.15, 0.2) is 0 Å². The Morgan fingerprint density at radius 1 is 1.04 bits per heavy atom. The second-order valence-corrected chi connectivity index (χ2v) is 7.91. The summed E-state index contributed by atoms with van der Waals surface area (Å²) in [6.45, 7) is 2.23. The fourth-order valence-corrected chi connectivity index (χ4v) is 4.68. The van der Waals surface area contributed by atoms with Crippen LogP contribution in [0.1, 0.15) is 70.6 Å². The molecule has 2 amide bonds. The van der Waals surface area contributed by atoms with Crippen LogP contribution >= 0.6 is 0 Å². The van der Waals surface area contributed by atoms with E-state index in [4.69, 9.17) is 0 Å². The van der Waals surface area contributed by atoms with Gasteiger partial charge in [0.25, 0.3) is 0 Å². The van der Waals surface area contributed by atoms with Gasteiger partial charge in [-0.05, 0) is 51.0 Å². The zero-order valence-electron chi connectivity index (χ0n) is 14.9. The third kappa shape index (κ3) is 4.95. The number of carbonyl (C=O) groups is 2. The fourth-order valence-electron chi connectivity index (χ4n) is 4.68. The van der Waals surface area contributed by atoms with E-state index in [-0.39, 0.29) is 17.9 Å². The average molecular weight is 335 g/mol. The molecule has 3 fully saturated rings. The lowest BCUT2D eigenvalue weighted by Gasteiger charge is -2.30. The maximum atomic E-state index is 12.4. The third-order valence-corrected chi connectivity index (χ3v) is 6.05.